The molecule has 2 aliphatic heterocycles. The van der Waals surface area contributed by atoms with Crippen molar-refractivity contribution in [3.05, 3.63) is 41.0 Å². The quantitative estimate of drug-likeness (QED) is 0.0910. The molecule has 3 aliphatic rings. The monoisotopic (exact) mass is 870 g/mol. The molecular weight excluding hydrogens is 813 g/mol. The van der Waals surface area contributed by atoms with Gasteiger partial charge in [-0.25, -0.2) is 4.98 Å². The number of aliphatic hydroxyl groups is 1. The maximum Gasteiger partial charge on any atom is 0.246 e. The highest BCUT2D eigenvalue weighted by Gasteiger charge is 2.44. The second-order valence-corrected chi connectivity index (χ2v) is 18.0. The van der Waals surface area contributed by atoms with Crippen LogP contribution in [-0.2, 0) is 30.5 Å². The Morgan fingerprint density at radius 2 is 1.82 bits per heavy atom. The minimum atomic E-state index is -0.967. The molecule has 19 heteroatoms. The summed E-state index contributed by atoms with van der Waals surface area (Å²) < 4.78 is 0. The maximum atomic E-state index is 14.1. The van der Waals surface area contributed by atoms with Gasteiger partial charge in [0.2, 0.25) is 47.4 Å². The number of nitrogens with zero attached hydrogens (tertiary/aromatic N) is 8. The van der Waals surface area contributed by atoms with Crippen molar-refractivity contribution in [2.75, 3.05) is 68.0 Å². The van der Waals surface area contributed by atoms with Gasteiger partial charge < -0.3 is 46.0 Å². The molecule has 18 nitrogen and oxygen atoms in total. The van der Waals surface area contributed by atoms with Crippen LogP contribution in [-0.4, -0.2) is 141 Å². The molecule has 2 aromatic heterocycles. The number of aryl methyl sites for hydroxylation is 1. The van der Waals surface area contributed by atoms with E-state index < -0.39 is 29.5 Å². The molecule has 1 aliphatic carbocycles. The molecular formula is C43H58N12O6S. The molecule has 2 saturated heterocycles. The summed E-state index contributed by atoms with van der Waals surface area (Å²) >= 11 is 1.57. The van der Waals surface area contributed by atoms with Crippen molar-refractivity contribution in [3.63, 3.8) is 0 Å². The molecule has 62 heavy (non-hydrogen) atoms. The smallest absolute Gasteiger partial charge is 0.246 e. The van der Waals surface area contributed by atoms with Crippen molar-refractivity contribution in [1.82, 2.24) is 45.7 Å². The van der Waals surface area contributed by atoms with E-state index in [2.05, 4.69) is 47.1 Å². The van der Waals surface area contributed by atoms with Gasteiger partial charge in [0.25, 0.3) is 0 Å². The summed E-state index contributed by atoms with van der Waals surface area (Å²) in [5, 5.41) is 22.6. The fourth-order valence-corrected chi connectivity index (χ4v) is 8.07. The Kier molecular flexibility index (Phi) is 15.0. The van der Waals surface area contributed by atoms with Gasteiger partial charge in [-0.1, -0.05) is 51.0 Å². The van der Waals surface area contributed by atoms with Gasteiger partial charge >= 0.3 is 0 Å². The average Bonchev–Trinajstić information content (AvgIpc) is 3.81. The van der Waals surface area contributed by atoms with Crippen LogP contribution >= 0.6 is 11.3 Å². The predicted molar refractivity (Wildman–Crippen MR) is 236 cm³/mol. The van der Waals surface area contributed by atoms with Crippen molar-refractivity contribution in [2.24, 2.45) is 5.41 Å². The van der Waals surface area contributed by atoms with E-state index in [1.165, 1.54) is 4.90 Å². The van der Waals surface area contributed by atoms with E-state index >= 15 is 0 Å². The summed E-state index contributed by atoms with van der Waals surface area (Å²) in [6.45, 7) is 9.47. The minimum absolute atomic E-state index is 0.0281. The molecule has 1 aromatic carbocycles. The number of likely N-dealkylation sites (tertiary alicyclic amines) is 1. The van der Waals surface area contributed by atoms with Crippen molar-refractivity contribution < 1.29 is 29.1 Å². The number of thiazole rings is 1. The van der Waals surface area contributed by atoms with Crippen molar-refractivity contribution >= 4 is 58.7 Å². The van der Waals surface area contributed by atoms with Gasteiger partial charge in [-0.15, -0.1) is 17.8 Å². The van der Waals surface area contributed by atoms with Gasteiger partial charge in [-0.05, 0) is 42.7 Å². The van der Waals surface area contributed by atoms with Crippen LogP contribution < -0.4 is 31.1 Å². The lowest BCUT2D eigenvalue weighted by molar-refractivity contribution is -0.144. The normalized spacial score (nSPS) is 18.2. The van der Waals surface area contributed by atoms with Crippen LogP contribution in [0.1, 0.15) is 70.6 Å². The topological polar surface area (TPSA) is 218 Å². The molecule has 5 amide bonds. The predicted octanol–water partition coefficient (Wildman–Crippen LogP) is 1.69. The number of carbonyl (C=O) groups excluding carboxylic acids is 5. The average molecular weight is 871 g/mol. The molecule has 0 unspecified atom stereocenters. The Balaban J connectivity index is 1.04. The van der Waals surface area contributed by atoms with E-state index in [-0.39, 0.29) is 81.1 Å². The van der Waals surface area contributed by atoms with E-state index in [9.17, 15) is 29.1 Å². The fraction of sp³-hybridized carbons (Fsp3) is 0.558. The van der Waals surface area contributed by atoms with Crippen molar-refractivity contribution in [1.29, 1.82) is 0 Å². The summed E-state index contributed by atoms with van der Waals surface area (Å²) in [6.07, 6.45) is 7.30. The molecule has 332 valence electrons. The van der Waals surface area contributed by atoms with Gasteiger partial charge in [-0.3, -0.25) is 24.0 Å². The van der Waals surface area contributed by atoms with E-state index in [0.29, 0.717) is 44.5 Å². The number of amides is 5. The third kappa shape index (κ3) is 12.2. The summed E-state index contributed by atoms with van der Waals surface area (Å²) in [7, 11) is 1.78. The summed E-state index contributed by atoms with van der Waals surface area (Å²) in [6, 6.07) is 6.24. The number of carbonyl (C=O) groups is 5. The molecule has 4 heterocycles. The second kappa shape index (κ2) is 20.3. The van der Waals surface area contributed by atoms with E-state index in [0.717, 1.165) is 34.5 Å². The number of terminal acetylenes is 1. The number of β-amino-alcohol motifs (C(OH)–C–C–N with tert-alkyl or cyclic N) is 1. The van der Waals surface area contributed by atoms with Gasteiger partial charge in [-0.2, -0.15) is 15.0 Å². The molecule has 3 aromatic rings. The zero-order valence-corrected chi connectivity index (χ0v) is 37.0. The zero-order valence-electron chi connectivity index (χ0n) is 36.1. The second-order valence-electron chi connectivity index (χ2n) is 17.2. The molecule has 0 spiro atoms. The van der Waals surface area contributed by atoms with Gasteiger partial charge in [0, 0.05) is 71.6 Å². The number of rotatable bonds is 18. The molecule has 6 rings (SSSR count). The number of aromatic nitrogens is 4. The lowest BCUT2D eigenvalue weighted by Crippen LogP contribution is -2.57. The molecule has 3 atom stereocenters. The Morgan fingerprint density at radius 3 is 2.48 bits per heavy atom. The van der Waals surface area contributed by atoms with E-state index in [1.54, 1.807) is 33.1 Å². The van der Waals surface area contributed by atoms with Crippen LogP contribution in [0, 0.1) is 24.7 Å². The number of piperazine rings is 1. The van der Waals surface area contributed by atoms with E-state index in [4.69, 9.17) is 6.42 Å². The van der Waals surface area contributed by atoms with Crippen LogP contribution in [0.2, 0.25) is 0 Å². The molecule has 1 saturated carbocycles. The minimum Gasteiger partial charge on any atom is -0.391 e. The molecule has 5 N–H and O–H groups in total. The first kappa shape index (κ1) is 45.7. The lowest BCUT2D eigenvalue weighted by Gasteiger charge is -2.35. The number of nitrogens with one attached hydrogen (secondary N) is 4. The van der Waals surface area contributed by atoms with Crippen molar-refractivity contribution in [3.8, 4) is 22.8 Å². The third-order valence-electron chi connectivity index (χ3n) is 11.0. The first-order chi connectivity index (χ1) is 29.6. The van der Waals surface area contributed by atoms with Crippen molar-refractivity contribution in [2.45, 2.75) is 97.0 Å². The molecule has 3 fully saturated rings. The first-order valence-electron chi connectivity index (χ1n) is 21.1. The maximum absolute atomic E-state index is 14.1. The largest absolute Gasteiger partial charge is 0.391 e. The Hall–Kier alpha value is -5.87. The fourth-order valence-electron chi connectivity index (χ4n) is 7.26. The molecule has 0 bridgehead atoms. The number of aliphatic hydroxyl groups excluding tert-OH is 1. The Labute approximate surface area is 366 Å². The zero-order chi connectivity index (χ0) is 44.6. The highest BCUT2D eigenvalue weighted by atomic mass is 32.1. The Bertz CT molecular complexity index is 2130. The van der Waals surface area contributed by atoms with Crippen LogP contribution in [0.25, 0.3) is 10.4 Å². The number of hydrogen-bond donors (Lipinski definition) is 5. The summed E-state index contributed by atoms with van der Waals surface area (Å²) in [5.41, 5.74) is 3.98. The third-order valence-corrected chi connectivity index (χ3v) is 12.0. The van der Waals surface area contributed by atoms with Crippen LogP contribution in [0.4, 0.5) is 17.8 Å². The first-order valence-corrected chi connectivity index (χ1v) is 22.0. The van der Waals surface area contributed by atoms with Crippen LogP contribution in [0.5, 0.6) is 0 Å². The van der Waals surface area contributed by atoms with Crippen LogP contribution in [0.15, 0.2) is 29.8 Å². The van der Waals surface area contributed by atoms with Gasteiger partial charge in [0.1, 0.15) is 18.6 Å². The lowest BCUT2D eigenvalue weighted by atomic mass is 9.85. The number of benzene rings is 1. The highest BCUT2D eigenvalue weighted by Crippen LogP contribution is 2.29. The van der Waals surface area contributed by atoms with E-state index in [1.807, 2.05) is 57.5 Å². The number of hydrogen-bond acceptors (Lipinski definition) is 14. The Morgan fingerprint density at radius 1 is 1.06 bits per heavy atom. The number of anilines is 3. The van der Waals surface area contributed by atoms with Gasteiger partial charge in [0.05, 0.1) is 28.7 Å². The van der Waals surface area contributed by atoms with Gasteiger partial charge in [0.15, 0.2) is 0 Å². The standard InChI is InChI=1S/C43H58N12O6S/c1-7-18-53-20-21-54(25-35(53)59)42-50-40(49-41(51-42)52(6)19-16-34(58)47-30-14-15-30)44-17-8-9-33(57)48-37(43(3,4)5)39(61)55-24-31(56)22-32(55)38(60)45-23-28-10-12-29(13-11-28)36-27(2)46-26-62-36/h1,10-13,26,30-32,37,56H,8-9,14-25H2,2-6H3,(H,45,60)(H,47,58)(H,48,57)(H,44,49,50,51)/t31-,32+,37-/m1/s1. The summed E-state index contributed by atoms with van der Waals surface area (Å²) in [5.74, 6) is 1.98. The molecule has 0 radical (unpaired) electrons. The summed E-state index contributed by atoms with van der Waals surface area (Å²) in [4.78, 5) is 92.0. The highest BCUT2D eigenvalue weighted by molar-refractivity contribution is 7.13. The van der Waals surface area contributed by atoms with Crippen LogP contribution in [0.3, 0.4) is 0 Å². The SMILES string of the molecule is C#CCN1CCN(c2nc(NCCCC(=O)N[C@H](C(=O)N3C[C@H](O)C[C@H]3C(=O)NCc3ccc(-c4scnc4C)cc3)C(C)(C)C)nc(N(C)CCC(=O)NC3CC3)n2)CC1=O.